The molecule has 1 N–H and O–H groups in total. The maximum atomic E-state index is 8.95. The van der Waals surface area contributed by atoms with Crippen molar-refractivity contribution in [1.29, 1.82) is 0 Å². The normalized spacial score (nSPS) is 23.7. The molecule has 1 saturated heterocycles. The maximum absolute atomic E-state index is 8.95. The molecule has 1 aliphatic rings. The molecule has 0 amide bonds. The number of aromatic nitrogens is 2. The summed E-state index contributed by atoms with van der Waals surface area (Å²) in [6.45, 7) is 5.21. The fourth-order valence-corrected chi connectivity index (χ4v) is 2.60. The molecule has 1 aromatic rings. The Bertz CT molecular complexity index is 413. The molecule has 2 heterocycles. The average molecular weight is 250 g/mol. The van der Waals surface area contributed by atoms with Crippen molar-refractivity contribution in [1.82, 2.24) is 14.7 Å². The molecule has 0 spiro atoms. The van der Waals surface area contributed by atoms with Gasteiger partial charge in [-0.1, -0.05) is 12.1 Å². The Hall–Kier alpha value is -1.36. The third-order valence-electron chi connectivity index (χ3n) is 3.86. The van der Waals surface area contributed by atoms with Crippen LogP contribution in [0.15, 0.2) is 17.4 Å². The summed E-state index contributed by atoms with van der Waals surface area (Å²) in [5.41, 5.74) is 2.24. The molecule has 0 saturated carbocycles. The Morgan fingerprint density at radius 3 is 3.00 bits per heavy atom. The van der Waals surface area contributed by atoms with Crippen molar-refractivity contribution >= 4 is 5.71 Å². The van der Waals surface area contributed by atoms with Gasteiger partial charge in [0.05, 0.1) is 5.71 Å². The summed E-state index contributed by atoms with van der Waals surface area (Å²) in [4.78, 5) is 2.45. The minimum absolute atomic E-state index is 0.412. The summed E-state index contributed by atoms with van der Waals surface area (Å²) in [7, 11) is 1.98. The fraction of sp³-hybridized carbons (Fsp3) is 0.692. The topological polar surface area (TPSA) is 53.7 Å². The van der Waals surface area contributed by atoms with Crippen molar-refractivity contribution in [3.63, 3.8) is 0 Å². The van der Waals surface area contributed by atoms with Crippen LogP contribution >= 0.6 is 0 Å². The molecule has 18 heavy (non-hydrogen) atoms. The summed E-state index contributed by atoms with van der Waals surface area (Å²) in [6.07, 6.45) is 4.80. The second-order valence-electron chi connectivity index (χ2n) is 4.94. The third kappa shape index (κ3) is 2.90. The standard InChI is InChI=1S/C13H22N4O/c1-3-11-10-17(9-6-13(11)15-18)8-5-12-4-7-14-16(12)2/h4,7,11,18H,3,5-6,8-10H2,1-2H3. The van der Waals surface area contributed by atoms with Gasteiger partial charge in [-0.15, -0.1) is 0 Å². The lowest BCUT2D eigenvalue weighted by molar-refractivity contribution is 0.228. The first-order valence-electron chi connectivity index (χ1n) is 6.64. The Kier molecular flexibility index (Phi) is 4.36. The van der Waals surface area contributed by atoms with Gasteiger partial charge in [-0.3, -0.25) is 4.68 Å². The van der Waals surface area contributed by atoms with Crippen molar-refractivity contribution in [2.45, 2.75) is 26.2 Å². The molecular weight excluding hydrogens is 228 g/mol. The molecule has 1 aliphatic heterocycles. The molecule has 0 radical (unpaired) electrons. The van der Waals surface area contributed by atoms with Crippen molar-refractivity contribution in [2.24, 2.45) is 18.1 Å². The zero-order valence-electron chi connectivity index (χ0n) is 11.2. The number of hydrogen-bond acceptors (Lipinski definition) is 4. The van der Waals surface area contributed by atoms with E-state index in [1.807, 2.05) is 17.9 Å². The maximum Gasteiger partial charge on any atom is 0.0627 e. The third-order valence-corrected chi connectivity index (χ3v) is 3.86. The first-order chi connectivity index (χ1) is 8.74. The molecular formula is C13H22N4O. The highest BCUT2D eigenvalue weighted by atomic mass is 16.4. The molecule has 100 valence electrons. The number of likely N-dealkylation sites (tertiary alicyclic amines) is 1. The van der Waals surface area contributed by atoms with Gasteiger partial charge in [-0.2, -0.15) is 5.10 Å². The van der Waals surface area contributed by atoms with Crippen LogP contribution in [0.3, 0.4) is 0 Å². The number of piperidine rings is 1. The van der Waals surface area contributed by atoms with Gasteiger partial charge in [0.2, 0.25) is 0 Å². The van der Waals surface area contributed by atoms with E-state index in [1.165, 1.54) is 5.69 Å². The monoisotopic (exact) mass is 250 g/mol. The molecule has 0 bridgehead atoms. The molecule has 5 heteroatoms. The summed E-state index contributed by atoms with van der Waals surface area (Å²) in [6, 6.07) is 2.07. The van der Waals surface area contributed by atoms with Gasteiger partial charge < -0.3 is 10.1 Å². The van der Waals surface area contributed by atoms with Crippen LogP contribution in [0.5, 0.6) is 0 Å². The van der Waals surface area contributed by atoms with E-state index in [0.717, 1.165) is 44.6 Å². The largest absolute Gasteiger partial charge is 0.411 e. The zero-order valence-corrected chi connectivity index (χ0v) is 11.2. The van der Waals surface area contributed by atoms with Crippen LogP contribution < -0.4 is 0 Å². The van der Waals surface area contributed by atoms with Crippen LogP contribution in [0.4, 0.5) is 0 Å². The molecule has 1 aromatic heterocycles. The van der Waals surface area contributed by atoms with Crippen LogP contribution in [-0.4, -0.2) is 45.2 Å². The summed E-state index contributed by atoms with van der Waals surface area (Å²) >= 11 is 0. The predicted molar refractivity (Wildman–Crippen MR) is 71.0 cm³/mol. The Morgan fingerprint density at radius 2 is 2.39 bits per heavy atom. The molecule has 1 atom stereocenters. The highest BCUT2D eigenvalue weighted by molar-refractivity contribution is 5.87. The average Bonchev–Trinajstić information content (AvgIpc) is 2.81. The van der Waals surface area contributed by atoms with Gasteiger partial charge >= 0.3 is 0 Å². The number of hydrogen-bond donors (Lipinski definition) is 1. The van der Waals surface area contributed by atoms with Gasteiger partial charge in [-0.05, 0) is 12.5 Å². The Balaban J connectivity index is 1.86. The van der Waals surface area contributed by atoms with Crippen molar-refractivity contribution < 1.29 is 5.21 Å². The van der Waals surface area contributed by atoms with E-state index in [2.05, 4.69) is 28.1 Å². The number of nitrogens with zero attached hydrogens (tertiary/aromatic N) is 4. The second kappa shape index (κ2) is 6.00. The molecule has 1 fully saturated rings. The predicted octanol–water partition coefficient (Wildman–Crippen LogP) is 1.52. The van der Waals surface area contributed by atoms with Crippen molar-refractivity contribution in [3.8, 4) is 0 Å². The number of rotatable bonds is 4. The minimum Gasteiger partial charge on any atom is -0.411 e. The van der Waals surface area contributed by atoms with Crippen LogP contribution in [0, 0.1) is 5.92 Å². The van der Waals surface area contributed by atoms with E-state index in [-0.39, 0.29) is 0 Å². The molecule has 0 aromatic carbocycles. The quantitative estimate of drug-likeness (QED) is 0.651. The van der Waals surface area contributed by atoms with Gasteiger partial charge in [-0.25, -0.2) is 0 Å². The van der Waals surface area contributed by atoms with Crippen molar-refractivity contribution in [3.05, 3.63) is 18.0 Å². The first-order valence-corrected chi connectivity index (χ1v) is 6.64. The van der Waals surface area contributed by atoms with Crippen LogP contribution in [0.2, 0.25) is 0 Å². The van der Waals surface area contributed by atoms with Crippen molar-refractivity contribution in [2.75, 3.05) is 19.6 Å². The highest BCUT2D eigenvalue weighted by Gasteiger charge is 2.24. The van der Waals surface area contributed by atoms with Gasteiger partial charge in [0.15, 0.2) is 0 Å². The fourth-order valence-electron chi connectivity index (χ4n) is 2.60. The van der Waals surface area contributed by atoms with Crippen LogP contribution in [0.25, 0.3) is 0 Å². The lowest BCUT2D eigenvalue weighted by Crippen LogP contribution is -2.41. The van der Waals surface area contributed by atoms with E-state index < -0.39 is 0 Å². The van der Waals surface area contributed by atoms with E-state index in [1.54, 1.807) is 0 Å². The smallest absolute Gasteiger partial charge is 0.0627 e. The van der Waals surface area contributed by atoms with Gasteiger partial charge in [0.1, 0.15) is 0 Å². The summed E-state index contributed by atoms with van der Waals surface area (Å²) < 4.78 is 1.93. The highest BCUT2D eigenvalue weighted by Crippen LogP contribution is 2.17. The van der Waals surface area contributed by atoms with E-state index >= 15 is 0 Å². The van der Waals surface area contributed by atoms with Gasteiger partial charge in [0, 0.05) is 57.3 Å². The summed E-state index contributed by atoms with van der Waals surface area (Å²) in [5, 5.41) is 16.6. The van der Waals surface area contributed by atoms with E-state index in [4.69, 9.17) is 5.21 Å². The molecule has 0 aliphatic carbocycles. The lowest BCUT2D eigenvalue weighted by atomic mass is 9.93. The van der Waals surface area contributed by atoms with Crippen LogP contribution in [-0.2, 0) is 13.5 Å². The number of aryl methyl sites for hydroxylation is 1. The Morgan fingerprint density at radius 1 is 1.56 bits per heavy atom. The zero-order chi connectivity index (χ0) is 13.0. The first kappa shape index (κ1) is 13.1. The van der Waals surface area contributed by atoms with Crippen LogP contribution in [0.1, 0.15) is 25.5 Å². The van der Waals surface area contributed by atoms with Gasteiger partial charge in [0.25, 0.3) is 0 Å². The Labute approximate surface area is 108 Å². The molecule has 2 rings (SSSR count). The van der Waals surface area contributed by atoms with E-state index in [9.17, 15) is 0 Å². The molecule has 1 unspecified atom stereocenters. The number of oxime groups is 1. The molecule has 5 nitrogen and oxygen atoms in total. The second-order valence-corrected chi connectivity index (χ2v) is 4.94. The minimum atomic E-state index is 0.412. The SMILES string of the molecule is CCC1CN(CCc2ccnn2C)CCC1=NO. The lowest BCUT2D eigenvalue weighted by Gasteiger charge is -2.32. The summed E-state index contributed by atoms with van der Waals surface area (Å²) in [5.74, 6) is 0.412. The van der Waals surface area contributed by atoms with E-state index in [0.29, 0.717) is 5.92 Å².